The zero-order chi connectivity index (χ0) is 11.1. The van der Waals surface area contributed by atoms with Gasteiger partial charge in [0.1, 0.15) is 0 Å². The Morgan fingerprint density at radius 3 is 2.53 bits per heavy atom. The van der Waals surface area contributed by atoms with E-state index in [-0.39, 0.29) is 6.42 Å². The number of rotatable bonds is 1. The molecule has 1 aromatic rings. The summed E-state index contributed by atoms with van der Waals surface area (Å²) in [6.45, 7) is 3.79. The molecular formula is C12H17NO2. The van der Waals surface area contributed by atoms with Crippen molar-refractivity contribution in [3.05, 3.63) is 35.4 Å². The zero-order valence-corrected chi connectivity index (χ0v) is 8.99. The lowest BCUT2D eigenvalue weighted by molar-refractivity contribution is -0.136. The molecule has 1 aromatic carbocycles. The predicted molar refractivity (Wildman–Crippen MR) is 59.8 cm³/mol. The van der Waals surface area contributed by atoms with Crippen LogP contribution >= 0.6 is 0 Å². The van der Waals surface area contributed by atoms with Crippen molar-refractivity contribution in [1.29, 1.82) is 0 Å². The van der Waals surface area contributed by atoms with Crippen molar-refractivity contribution in [3.8, 4) is 0 Å². The molecule has 1 aliphatic heterocycles. The third-order valence-corrected chi connectivity index (χ3v) is 2.31. The van der Waals surface area contributed by atoms with Gasteiger partial charge in [-0.3, -0.25) is 4.79 Å². The van der Waals surface area contributed by atoms with Gasteiger partial charge in [-0.05, 0) is 24.1 Å². The largest absolute Gasteiger partial charge is 0.481 e. The fraction of sp³-hybridized carbons (Fsp3) is 0.417. The van der Waals surface area contributed by atoms with Gasteiger partial charge in [0.05, 0.1) is 0 Å². The molecule has 0 amide bonds. The quantitative estimate of drug-likeness (QED) is 0.738. The minimum Gasteiger partial charge on any atom is -0.481 e. The smallest absolute Gasteiger partial charge is 0.303 e. The molecule has 3 nitrogen and oxygen atoms in total. The number of hydrogen-bond donors (Lipinski definition) is 2. The van der Waals surface area contributed by atoms with Gasteiger partial charge in [-0.15, -0.1) is 0 Å². The number of fused-ring (bicyclic) bond motifs is 1. The number of carbonyl (C=O) groups is 1. The first-order valence-corrected chi connectivity index (χ1v) is 5.23. The van der Waals surface area contributed by atoms with Crippen molar-refractivity contribution in [2.75, 3.05) is 6.54 Å². The van der Waals surface area contributed by atoms with Gasteiger partial charge in [0, 0.05) is 13.0 Å². The van der Waals surface area contributed by atoms with Gasteiger partial charge < -0.3 is 10.4 Å². The molecule has 0 spiro atoms. The Kier molecular flexibility index (Phi) is 4.84. The van der Waals surface area contributed by atoms with Gasteiger partial charge in [-0.1, -0.05) is 31.2 Å². The van der Waals surface area contributed by atoms with Gasteiger partial charge in [0.25, 0.3) is 0 Å². The van der Waals surface area contributed by atoms with E-state index in [4.69, 9.17) is 5.11 Å². The average Bonchev–Trinajstić information content (AvgIpc) is 2.30. The number of carboxylic acids is 1. The Balaban J connectivity index is 0.000000195. The molecule has 0 radical (unpaired) electrons. The van der Waals surface area contributed by atoms with E-state index in [2.05, 4.69) is 29.6 Å². The van der Waals surface area contributed by atoms with Crippen molar-refractivity contribution >= 4 is 5.97 Å². The summed E-state index contributed by atoms with van der Waals surface area (Å²) in [7, 11) is 0. The molecule has 0 saturated carbocycles. The molecule has 15 heavy (non-hydrogen) atoms. The summed E-state index contributed by atoms with van der Waals surface area (Å²) in [6, 6.07) is 8.63. The zero-order valence-electron chi connectivity index (χ0n) is 8.99. The summed E-state index contributed by atoms with van der Waals surface area (Å²) >= 11 is 0. The molecule has 0 atom stereocenters. The lowest BCUT2D eigenvalue weighted by atomic mass is 10.0. The summed E-state index contributed by atoms with van der Waals surface area (Å²) in [5.41, 5.74) is 2.98. The van der Waals surface area contributed by atoms with Crippen LogP contribution in [0, 0.1) is 0 Å². The number of aliphatic carboxylic acids is 1. The molecule has 0 aliphatic carbocycles. The van der Waals surface area contributed by atoms with Gasteiger partial charge in [-0.2, -0.15) is 0 Å². The summed E-state index contributed by atoms with van der Waals surface area (Å²) < 4.78 is 0. The van der Waals surface area contributed by atoms with Crippen LogP contribution in [0.1, 0.15) is 24.5 Å². The maximum Gasteiger partial charge on any atom is 0.303 e. The van der Waals surface area contributed by atoms with E-state index in [1.807, 2.05) is 0 Å². The van der Waals surface area contributed by atoms with Crippen molar-refractivity contribution in [2.24, 2.45) is 0 Å². The van der Waals surface area contributed by atoms with E-state index in [1.165, 1.54) is 17.5 Å². The van der Waals surface area contributed by atoms with E-state index >= 15 is 0 Å². The summed E-state index contributed by atoms with van der Waals surface area (Å²) in [4.78, 5) is 9.37. The van der Waals surface area contributed by atoms with Gasteiger partial charge in [0.15, 0.2) is 0 Å². The minimum absolute atomic E-state index is 0.222. The van der Waals surface area contributed by atoms with Crippen LogP contribution in [0.4, 0.5) is 0 Å². The lowest BCUT2D eigenvalue weighted by Crippen LogP contribution is -2.23. The normalized spacial score (nSPS) is 13.4. The molecule has 82 valence electrons. The summed E-state index contributed by atoms with van der Waals surface area (Å²) in [5, 5.41) is 11.1. The van der Waals surface area contributed by atoms with Crippen LogP contribution in [-0.4, -0.2) is 17.6 Å². The molecule has 0 unspecified atom stereocenters. The second-order valence-electron chi connectivity index (χ2n) is 3.44. The fourth-order valence-electron chi connectivity index (χ4n) is 1.42. The highest BCUT2D eigenvalue weighted by Gasteiger charge is 2.05. The van der Waals surface area contributed by atoms with Crippen molar-refractivity contribution < 1.29 is 9.90 Å². The van der Waals surface area contributed by atoms with Crippen molar-refractivity contribution in [2.45, 2.75) is 26.3 Å². The van der Waals surface area contributed by atoms with Gasteiger partial charge >= 0.3 is 5.97 Å². The second-order valence-corrected chi connectivity index (χ2v) is 3.44. The molecule has 0 aromatic heterocycles. The average molecular weight is 207 g/mol. The van der Waals surface area contributed by atoms with Crippen LogP contribution in [0.2, 0.25) is 0 Å². The molecule has 2 N–H and O–H groups in total. The Labute approximate surface area is 90.1 Å². The maximum atomic E-state index is 9.37. The number of hydrogen-bond acceptors (Lipinski definition) is 2. The maximum absolute atomic E-state index is 9.37. The molecule has 2 rings (SSSR count). The Morgan fingerprint density at radius 2 is 2.00 bits per heavy atom. The van der Waals surface area contributed by atoms with Crippen molar-refractivity contribution in [1.82, 2.24) is 5.32 Å². The van der Waals surface area contributed by atoms with E-state index in [0.29, 0.717) is 0 Å². The van der Waals surface area contributed by atoms with Gasteiger partial charge in [0.2, 0.25) is 0 Å². The molecular weight excluding hydrogens is 190 g/mol. The van der Waals surface area contributed by atoms with Crippen LogP contribution in [-0.2, 0) is 17.8 Å². The highest BCUT2D eigenvalue weighted by atomic mass is 16.4. The standard InChI is InChI=1S/C9H11N.C3H6O2/c1-2-4-9-7-10-6-5-8(9)3-1;1-2-3(4)5/h1-4,10H,5-7H2;2H2,1H3,(H,4,5). The van der Waals surface area contributed by atoms with E-state index in [1.54, 1.807) is 6.92 Å². The van der Waals surface area contributed by atoms with Crippen LogP contribution in [0.3, 0.4) is 0 Å². The molecule has 1 heterocycles. The highest BCUT2D eigenvalue weighted by Crippen LogP contribution is 2.11. The highest BCUT2D eigenvalue weighted by molar-refractivity contribution is 5.66. The summed E-state index contributed by atoms with van der Waals surface area (Å²) in [6.07, 6.45) is 1.41. The Bertz CT molecular complexity index is 298. The van der Waals surface area contributed by atoms with E-state index in [9.17, 15) is 4.79 Å². The Morgan fingerprint density at radius 1 is 1.40 bits per heavy atom. The third-order valence-electron chi connectivity index (χ3n) is 2.31. The number of nitrogens with one attached hydrogen (secondary N) is 1. The lowest BCUT2D eigenvalue weighted by Gasteiger charge is -2.15. The molecule has 0 bridgehead atoms. The van der Waals surface area contributed by atoms with Gasteiger partial charge in [-0.25, -0.2) is 0 Å². The first-order valence-electron chi connectivity index (χ1n) is 5.23. The van der Waals surface area contributed by atoms with Crippen LogP contribution in [0.5, 0.6) is 0 Å². The topological polar surface area (TPSA) is 49.3 Å². The SMILES string of the molecule is CCC(=O)O.c1ccc2c(c1)CCNC2. The number of benzene rings is 1. The monoisotopic (exact) mass is 207 g/mol. The molecule has 0 saturated heterocycles. The minimum atomic E-state index is -0.745. The Hall–Kier alpha value is -1.35. The third kappa shape index (κ3) is 4.13. The van der Waals surface area contributed by atoms with Crippen LogP contribution in [0.15, 0.2) is 24.3 Å². The van der Waals surface area contributed by atoms with Crippen LogP contribution in [0.25, 0.3) is 0 Å². The van der Waals surface area contributed by atoms with Crippen LogP contribution < -0.4 is 5.32 Å². The number of carboxylic acid groups (broad SMARTS) is 1. The fourth-order valence-corrected chi connectivity index (χ4v) is 1.42. The van der Waals surface area contributed by atoms with E-state index in [0.717, 1.165) is 13.1 Å². The summed E-state index contributed by atoms with van der Waals surface area (Å²) in [5.74, 6) is -0.745. The molecule has 0 fully saturated rings. The van der Waals surface area contributed by atoms with Crippen molar-refractivity contribution in [3.63, 3.8) is 0 Å². The first-order chi connectivity index (χ1) is 7.24. The second kappa shape index (κ2) is 6.19. The first kappa shape index (κ1) is 11.7. The van der Waals surface area contributed by atoms with E-state index < -0.39 is 5.97 Å². The molecule has 3 heteroatoms. The predicted octanol–water partition coefficient (Wildman–Crippen LogP) is 1.81. The molecule has 1 aliphatic rings.